The third kappa shape index (κ3) is 12.2. The maximum Gasteiger partial charge on any atom is 0.243 e. The van der Waals surface area contributed by atoms with Gasteiger partial charge in [0.05, 0.1) is 12.1 Å². The predicted molar refractivity (Wildman–Crippen MR) is 169 cm³/mol. The Morgan fingerprint density at radius 1 is 0.651 bits per heavy atom. The van der Waals surface area contributed by atoms with Crippen LogP contribution in [0.4, 0.5) is 0 Å². The van der Waals surface area contributed by atoms with Crippen LogP contribution in [0, 0.1) is 11.8 Å². The van der Waals surface area contributed by atoms with Crippen LogP contribution in [0.15, 0.2) is 60.7 Å². The van der Waals surface area contributed by atoms with E-state index in [0.29, 0.717) is 25.7 Å². The summed E-state index contributed by atoms with van der Waals surface area (Å²) in [6.45, 7) is 10.5. The summed E-state index contributed by atoms with van der Waals surface area (Å²) in [5.41, 5.74) is 1.91. The van der Waals surface area contributed by atoms with Crippen LogP contribution in [0.2, 0.25) is 0 Å². The van der Waals surface area contributed by atoms with Crippen molar-refractivity contribution in [3.63, 3.8) is 0 Å². The average Bonchev–Trinajstić information content (AvgIpc) is 2.98. The molecule has 0 heterocycles. The lowest BCUT2D eigenvalue weighted by Gasteiger charge is -2.32. The van der Waals surface area contributed by atoms with Crippen molar-refractivity contribution in [2.24, 2.45) is 11.8 Å². The first-order valence-electron chi connectivity index (χ1n) is 15.4. The molecule has 43 heavy (non-hydrogen) atoms. The topological polar surface area (TPSA) is 137 Å². The van der Waals surface area contributed by atoms with E-state index in [1.54, 1.807) is 0 Å². The minimum atomic E-state index is -1.03. The standard InChI is InChI=1S/C34H50N4O5/c1-7-22(3)31(35-24(5)39)33(42)37-28(19-26-15-11-9-12-16-26)21-30(41)29(20-27-17-13-10-14-18-27)38-34(43)32(23(4)8-2)36-25(6)40/h9-18,22-23,28-32,41H,7-8,19-21H2,1-6H3,(H,35,39)(H,36,40)(H,37,42)(H,38,43)/t22-,23-,28+,29+,30+,31+,32+/m1/s1. The second-order valence-corrected chi connectivity index (χ2v) is 11.6. The Morgan fingerprint density at radius 3 is 1.49 bits per heavy atom. The monoisotopic (exact) mass is 594 g/mol. The molecular formula is C34H50N4O5. The Hall–Kier alpha value is -3.72. The molecule has 0 aliphatic rings. The van der Waals surface area contributed by atoms with Crippen LogP contribution in [-0.2, 0) is 32.0 Å². The zero-order valence-corrected chi connectivity index (χ0v) is 26.4. The molecule has 9 heteroatoms. The number of rotatable bonds is 17. The van der Waals surface area contributed by atoms with Gasteiger partial charge in [0.1, 0.15) is 12.1 Å². The summed E-state index contributed by atoms with van der Waals surface area (Å²) in [6.07, 6.45) is 1.30. The number of nitrogens with one attached hydrogen (secondary N) is 4. The van der Waals surface area contributed by atoms with Crippen molar-refractivity contribution >= 4 is 23.6 Å². The van der Waals surface area contributed by atoms with Gasteiger partial charge in [-0.2, -0.15) is 0 Å². The highest BCUT2D eigenvalue weighted by Gasteiger charge is 2.32. The molecule has 0 radical (unpaired) electrons. The number of benzene rings is 2. The molecule has 2 rings (SSSR count). The summed E-state index contributed by atoms with van der Waals surface area (Å²) in [5, 5.41) is 23.3. The van der Waals surface area contributed by atoms with Gasteiger partial charge in [0.2, 0.25) is 23.6 Å². The van der Waals surface area contributed by atoms with E-state index in [1.165, 1.54) is 13.8 Å². The first-order chi connectivity index (χ1) is 20.4. The summed E-state index contributed by atoms with van der Waals surface area (Å²) in [6, 6.07) is 16.6. The minimum Gasteiger partial charge on any atom is -0.391 e. The van der Waals surface area contributed by atoms with Gasteiger partial charge in [-0.3, -0.25) is 19.2 Å². The van der Waals surface area contributed by atoms with Crippen LogP contribution in [-0.4, -0.2) is 59.0 Å². The Kier molecular flexibility index (Phi) is 14.9. The van der Waals surface area contributed by atoms with Crippen LogP contribution in [0.25, 0.3) is 0 Å². The number of hydrogen-bond donors (Lipinski definition) is 5. The van der Waals surface area contributed by atoms with Crippen molar-refractivity contribution in [2.45, 2.75) is 104 Å². The van der Waals surface area contributed by atoms with Crippen LogP contribution in [0.3, 0.4) is 0 Å². The highest BCUT2D eigenvalue weighted by molar-refractivity contribution is 5.88. The smallest absolute Gasteiger partial charge is 0.243 e. The van der Waals surface area contributed by atoms with Crippen LogP contribution in [0.5, 0.6) is 0 Å². The molecular weight excluding hydrogens is 544 g/mol. The molecule has 236 valence electrons. The number of carbonyl (C=O) groups excluding carboxylic acids is 4. The SMILES string of the molecule is CC[C@@H](C)[C@H](NC(C)=O)C(=O)N[C@@H](Cc1ccccc1)C[C@H](O)[C@H](Cc1ccccc1)NC(=O)[C@@H](NC(C)=O)[C@H](C)CC. The predicted octanol–water partition coefficient (Wildman–Crippen LogP) is 3.29. The molecule has 0 saturated heterocycles. The van der Waals surface area contributed by atoms with Crippen molar-refractivity contribution in [2.75, 3.05) is 0 Å². The number of amides is 4. The van der Waals surface area contributed by atoms with E-state index >= 15 is 0 Å². The first kappa shape index (κ1) is 35.5. The molecule has 5 N–H and O–H groups in total. The molecule has 0 aliphatic heterocycles. The van der Waals surface area contributed by atoms with E-state index < -0.39 is 30.3 Å². The fraction of sp³-hybridized carbons (Fsp3) is 0.529. The Balaban J connectivity index is 2.36. The van der Waals surface area contributed by atoms with Gasteiger partial charge in [-0.05, 0) is 42.2 Å². The van der Waals surface area contributed by atoms with Gasteiger partial charge in [-0.15, -0.1) is 0 Å². The molecule has 0 bridgehead atoms. The zero-order chi connectivity index (χ0) is 31.9. The van der Waals surface area contributed by atoms with E-state index in [9.17, 15) is 24.3 Å². The van der Waals surface area contributed by atoms with Crippen LogP contribution >= 0.6 is 0 Å². The molecule has 0 fully saturated rings. The Morgan fingerprint density at radius 2 is 1.07 bits per heavy atom. The van der Waals surface area contributed by atoms with Crippen molar-refractivity contribution in [3.8, 4) is 0 Å². The molecule has 2 aromatic carbocycles. The van der Waals surface area contributed by atoms with Crippen molar-refractivity contribution in [1.82, 2.24) is 21.3 Å². The largest absolute Gasteiger partial charge is 0.391 e. The number of aliphatic hydroxyl groups excluding tert-OH is 1. The number of hydrogen-bond acceptors (Lipinski definition) is 5. The summed E-state index contributed by atoms with van der Waals surface area (Å²) in [5.74, 6) is -1.49. The van der Waals surface area contributed by atoms with Gasteiger partial charge in [-0.25, -0.2) is 0 Å². The third-order valence-electron chi connectivity index (χ3n) is 8.00. The fourth-order valence-corrected chi connectivity index (χ4v) is 5.10. The zero-order valence-electron chi connectivity index (χ0n) is 26.4. The summed E-state index contributed by atoms with van der Waals surface area (Å²) >= 11 is 0. The lowest BCUT2D eigenvalue weighted by Crippen LogP contribution is -2.56. The van der Waals surface area contributed by atoms with E-state index in [4.69, 9.17) is 0 Å². The Labute approximate surface area is 256 Å². The van der Waals surface area contributed by atoms with Crippen LogP contribution in [0.1, 0.15) is 71.9 Å². The molecule has 0 unspecified atom stereocenters. The van der Waals surface area contributed by atoms with Gasteiger partial charge in [0.25, 0.3) is 0 Å². The maximum absolute atomic E-state index is 13.5. The van der Waals surface area contributed by atoms with Gasteiger partial charge < -0.3 is 26.4 Å². The summed E-state index contributed by atoms with van der Waals surface area (Å²) in [7, 11) is 0. The van der Waals surface area contributed by atoms with Crippen molar-refractivity contribution in [1.29, 1.82) is 0 Å². The summed E-state index contributed by atoms with van der Waals surface area (Å²) < 4.78 is 0. The van der Waals surface area contributed by atoms with E-state index in [0.717, 1.165) is 11.1 Å². The highest BCUT2D eigenvalue weighted by atomic mass is 16.3. The van der Waals surface area contributed by atoms with E-state index in [2.05, 4.69) is 21.3 Å². The number of carbonyl (C=O) groups is 4. The van der Waals surface area contributed by atoms with Gasteiger partial charge >= 0.3 is 0 Å². The van der Waals surface area contributed by atoms with Crippen LogP contribution < -0.4 is 21.3 Å². The molecule has 0 spiro atoms. The lowest BCUT2D eigenvalue weighted by atomic mass is 9.91. The van der Waals surface area contributed by atoms with E-state index in [-0.39, 0.29) is 41.9 Å². The molecule has 2 aromatic rings. The maximum atomic E-state index is 13.5. The van der Waals surface area contributed by atoms with Crippen molar-refractivity contribution < 1.29 is 24.3 Å². The summed E-state index contributed by atoms with van der Waals surface area (Å²) in [4.78, 5) is 50.8. The van der Waals surface area contributed by atoms with E-state index in [1.807, 2.05) is 88.4 Å². The minimum absolute atomic E-state index is 0.0948. The fourth-order valence-electron chi connectivity index (χ4n) is 5.10. The third-order valence-corrected chi connectivity index (χ3v) is 8.00. The normalized spacial score (nSPS) is 16.0. The second-order valence-electron chi connectivity index (χ2n) is 11.6. The molecule has 0 aliphatic carbocycles. The average molecular weight is 595 g/mol. The molecule has 0 saturated carbocycles. The number of aliphatic hydroxyl groups is 1. The quantitative estimate of drug-likeness (QED) is 0.192. The van der Waals surface area contributed by atoms with Gasteiger partial charge in [-0.1, -0.05) is 101 Å². The molecule has 9 nitrogen and oxygen atoms in total. The molecule has 0 aromatic heterocycles. The van der Waals surface area contributed by atoms with Crippen molar-refractivity contribution in [3.05, 3.63) is 71.8 Å². The van der Waals surface area contributed by atoms with Gasteiger partial charge in [0, 0.05) is 19.9 Å². The Bertz CT molecular complexity index is 1160. The van der Waals surface area contributed by atoms with Gasteiger partial charge in [0.15, 0.2) is 0 Å². The lowest BCUT2D eigenvalue weighted by molar-refractivity contribution is -0.130. The molecule has 4 amide bonds. The second kappa shape index (κ2) is 18.1. The highest BCUT2D eigenvalue weighted by Crippen LogP contribution is 2.17. The first-order valence-corrected chi connectivity index (χ1v) is 15.4. The molecule has 7 atom stereocenters.